The van der Waals surface area contributed by atoms with E-state index in [0.717, 1.165) is 5.91 Å². The molecule has 0 bridgehead atoms. The van der Waals surface area contributed by atoms with E-state index in [-0.39, 0.29) is 0 Å². The van der Waals surface area contributed by atoms with Crippen LogP contribution in [0.1, 0.15) is 0 Å². The monoisotopic (exact) mass is 140 g/mol. The average molecular weight is 140 g/mol. The van der Waals surface area contributed by atoms with E-state index in [0.29, 0.717) is 10.2 Å². The van der Waals surface area contributed by atoms with Gasteiger partial charge in [0.2, 0.25) is 0 Å². The SMILES string of the molecule is O=C[SiH3].[O]=[Ti]=[O]. The van der Waals surface area contributed by atoms with Crippen LogP contribution in [0.25, 0.3) is 0 Å². The van der Waals surface area contributed by atoms with Gasteiger partial charge in [0.15, 0.2) is 0 Å². The maximum atomic E-state index is 8.87. The average Bonchev–Trinajstić information content (AvgIpc) is 1.39. The molecule has 0 aromatic rings. The molecule has 3 nitrogen and oxygen atoms in total. The molecule has 0 heterocycles. The van der Waals surface area contributed by atoms with Crippen LogP contribution in [0.4, 0.5) is 0 Å². The zero-order valence-corrected chi connectivity index (χ0v) is 6.86. The van der Waals surface area contributed by atoms with Crippen molar-refractivity contribution in [3.8, 4) is 0 Å². The van der Waals surface area contributed by atoms with E-state index in [9.17, 15) is 0 Å². The van der Waals surface area contributed by atoms with Crippen molar-refractivity contribution in [3.05, 3.63) is 0 Å². The van der Waals surface area contributed by atoms with Crippen LogP contribution in [-0.4, -0.2) is 16.2 Å². The molecule has 0 saturated carbocycles. The number of carbonyl (C=O) groups is 1. The molecule has 0 aromatic carbocycles. The van der Waals surface area contributed by atoms with E-state index in [1.165, 1.54) is 0 Å². The van der Waals surface area contributed by atoms with Crippen LogP contribution in [-0.2, 0) is 30.5 Å². The van der Waals surface area contributed by atoms with Gasteiger partial charge in [0.1, 0.15) is 0 Å². The van der Waals surface area contributed by atoms with E-state index in [1.54, 1.807) is 0 Å². The van der Waals surface area contributed by atoms with Gasteiger partial charge in [0.25, 0.3) is 0 Å². The van der Waals surface area contributed by atoms with Crippen LogP contribution in [0.5, 0.6) is 0 Å². The van der Waals surface area contributed by atoms with Crippen molar-refractivity contribution in [2.24, 2.45) is 0 Å². The minimum absolute atomic E-state index is 0.688. The van der Waals surface area contributed by atoms with Crippen LogP contribution in [0.3, 0.4) is 0 Å². The molecular formula is CH4O3SiTi. The summed E-state index contributed by atoms with van der Waals surface area (Å²) >= 11 is -2.00. The summed E-state index contributed by atoms with van der Waals surface area (Å²) in [5, 5.41) is 0. The van der Waals surface area contributed by atoms with Crippen LogP contribution in [0, 0.1) is 0 Å². The van der Waals surface area contributed by atoms with Gasteiger partial charge < -0.3 is 4.79 Å². The van der Waals surface area contributed by atoms with Crippen molar-refractivity contribution in [2.45, 2.75) is 0 Å². The normalized spacial score (nSPS) is 4.00. The molecule has 0 spiro atoms. The molecule has 0 saturated heterocycles. The quantitative estimate of drug-likeness (QED) is 0.297. The minimum atomic E-state index is -2.00. The van der Waals surface area contributed by atoms with Gasteiger partial charge in [-0.3, -0.25) is 0 Å². The standard InChI is InChI=1S/CH4OSi.2O.Ti/c2-1-3;;;/h1H,3H3;;;. The molecule has 0 aliphatic heterocycles. The van der Waals surface area contributed by atoms with Gasteiger partial charge in [0.05, 0.1) is 16.2 Å². The summed E-state index contributed by atoms with van der Waals surface area (Å²) in [6.07, 6.45) is 0. The first-order chi connectivity index (χ1) is 2.83. The third kappa shape index (κ3) is 1060. The van der Waals surface area contributed by atoms with Gasteiger partial charge in [-0.2, -0.15) is 0 Å². The molecule has 0 N–H and O–H groups in total. The van der Waals surface area contributed by atoms with Crippen LogP contribution >= 0.6 is 0 Å². The molecule has 0 radical (unpaired) electrons. The Balaban J connectivity index is 0. The fourth-order valence-corrected chi connectivity index (χ4v) is 0. The van der Waals surface area contributed by atoms with Crippen molar-refractivity contribution in [2.75, 3.05) is 0 Å². The number of hydrogen-bond acceptors (Lipinski definition) is 3. The molecule has 0 aromatic heterocycles. The zero-order valence-electron chi connectivity index (χ0n) is 3.30. The predicted molar refractivity (Wildman–Crippen MR) is 18.1 cm³/mol. The Labute approximate surface area is 47.1 Å². The number of hydrogen-bond donors (Lipinski definition) is 0. The van der Waals surface area contributed by atoms with Gasteiger partial charge in [-0.15, -0.1) is 0 Å². The van der Waals surface area contributed by atoms with Gasteiger partial charge in [0, 0.05) is 0 Å². The summed E-state index contributed by atoms with van der Waals surface area (Å²) in [5.74, 6) is 0.889. The zero-order chi connectivity index (χ0) is 5.41. The fourth-order valence-electron chi connectivity index (χ4n) is 0. The first-order valence-corrected chi connectivity index (χ1v) is 3.65. The Morgan fingerprint density at radius 3 is 1.50 bits per heavy atom. The van der Waals surface area contributed by atoms with Gasteiger partial charge in [-0.1, -0.05) is 0 Å². The molecule has 0 fully saturated rings. The van der Waals surface area contributed by atoms with E-state index in [4.69, 9.17) is 11.4 Å². The van der Waals surface area contributed by atoms with E-state index in [2.05, 4.69) is 0 Å². The maximum absolute atomic E-state index is 8.87. The van der Waals surface area contributed by atoms with Crippen molar-refractivity contribution >= 4 is 16.2 Å². The molecule has 6 heavy (non-hydrogen) atoms. The number of carbonyl (C=O) groups excluding carboxylic acids is 1. The number of rotatable bonds is 0. The summed E-state index contributed by atoms with van der Waals surface area (Å²) in [6, 6.07) is 0. The van der Waals surface area contributed by atoms with Gasteiger partial charge in [-0.05, 0) is 0 Å². The van der Waals surface area contributed by atoms with E-state index < -0.39 is 19.1 Å². The Morgan fingerprint density at radius 1 is 1.50 bits per heavy atom. The topological polar surface area (TPSA) is 51.2 Å². The van der Waals surface area contributed by atoms with Crippen molar-refractivity contribution in [1.29, 1.82) is 0 Å². The molecule has 0 amide bonds. The van der Waals surface area contributed by atoms with Crippen LogP contribution in [0.2, 0.25) is 0 Å². The summed E-state index contributed by atoms with van der Waals surface area (Å²) in [7, 11) is 0.688. The van der Waals surface area contributed by atoms with Crippen LogP contribution < -0.4 is 0 Å². The molecule has 0 aliphatic rings. The third-order valence-electron chi connectivity index (χ3n) is 0. The molecule has 0 atom stereocenters. The molecule has 5 heteroatoms. The Bertz CT molecular complexity index is 55.8. The predicted octanol–water partition coefficient (Wildman–Crippen LogP) is -1.70. The molecule has 0 rings (SSSR count). The van der Waals surface area contributed by atoms with Crippen molar-refractivity contribution < 1.29 is 30.5 Å². The van der Waals surface area contributed by atoms with E-state index in [1.807, 2.05) is 0 Å². The second-order valence-corrected chi connectivity index (χ2v) is 1.05. The Morgan fingerprint density at radius 2 is 1.50 bits per heavy atom. The molecule has 0 aliphatic carbocycles. The van der Waals surface area contributed by atoms with Crippen LogP contribution in [0.15, 0.2) is 0 Å². The molecule has 0 unspecified atom stereocenters. The fraction of sp³-hybridized carbons (Fsp3) is 0. The summed E-state index contributed by atoms with van der Waals surface area (Å²) in [4.78, 5) is 8.87. The Hall–Kier alpha value is 0.201. The first-order valence-electron chi connectivity index (χ1n) is 1.22. The Kier molecular flexibility index (Phi) is 30.0. The summed E-state index contributed by atoms with van der Waals surface area (Å²) in [6.45, 7) is 0. The first kappa shape index (κ1) is 9.50. The van der Waals surface area contributed by atoms with Gasteiger partial charge >= 0.3 is 25.7 Å². The third-order valence-corrected chi connectivity index (χ3v) is 0. The summed E-state index contributed by atoms with van der Waals surface area (Å²) in [5.41, 5.74) is 0. The van der Waals surface area contributed by atoms with Gasteiger partial charge in [-0.25, -0.2) is 0 Å². The second kappa shape index (κ2) is 18.9. The van der Waals surface area contributed by atoms with Crippen molar-refractivity contribution in [1.82, 2.24) is 0 Å². The molecule has 34 valence electrons. The van der Waals surface area contributed by atoms with Crippen molar-refractivity contribution in [3.63, 3.8) is 0 Å². The van der Waals surface area contributed by atoms with E-state index >= 15 is 0 Å². The summed E-state index contributed by atoms with van der Waals surface area (Å²) < 4.78 is 17.0. The molecular weight excluding hydrogens is 136 g/mol. The second-order valence-electron chi connectivity index (χ2n) is 0.319.